The van der Waals surface area contributed by atoms with Crippen molar-refractivity contribution in [2.45, 2.75) is 18.7 Å². The molecule has 3 aromatic rings. The average Bonchev–Trinajstić information content (AvgIpc) is 3.19. The molecular weight excluding hydrogens is 420 g/mol. The zero-order valence-corrected chi connectivity index (χ0v) is 17.7. The first-order chi connectivity index (χ1) is 13.3. The van der Waals surface area contributed by atoms with E-state index < -0.39 is 10.0 Å². The van der Waals surface area contributed by atoms with E-state index in [-0.39, 0.29) is 23.9 Å². The fourth-order valence-corrected chi connectivity index (χ4v) is 4.95. The van der Waals surface area contributed by atoms with Crippen molar-refractivity contribution >= 4 is 49.9 Å². The lowest BCUT2D eigenvalue weighted by Crippen LogP contribution is -2.34. The summed E-state index contributed by atoms with van der Waals surface area (Å²) in [4.78, 5) is 17.1. The summed E-state index contributed by atoms with van der Waals surface area (Å²) in [5.74, 6) is -0.354. The predicted molar refractivity (Wildman–Crippen MR) is 111 cm³/mol. The molecule has 148 valence electrons. The maximum atomic E-state index is 12.4. The molecule has 3 rings (SSSR count). The molecule has 0 aliphatic heterocycles. The number of hydrogen-bond acceptors (Lipinski definition) is 5. The average molecular weight is 439 g/mol. The van der Waals surface area contributed by atoms with Crippen LogP contribution in [0.25, 0.3) is 11.0 Å². The molecule has 0 atom stereocenters. The number of nitrogens with zero attached hydrogens (tertiary/aromatic N) is 2. The fourth-order valence-electron chi connectivity index (χ4n) is 2.59. The molecule has 2 aromatic heterocycles. The van der Waals surface area contributed by atoms with Gasteiger partial charge in [-0.1, -0.05) is 23.7 Å². The lowest BCUT2D eigenvalue weighted by atomic mass is 10.2. The molecule has 2 N–H and O–H groups in total. The van der Waals surface area contributed by atoms with Crippen LogP contribution in [0.15, 0.2) is 40.7 Å². The molecule has 0 unspecified atom stereocenters. The molecule has 1 aromatic carbocycles. The van der Waals surface area contributed by atoms with Gasteiger partial charge in [-0.05, 0) is 37.1 Å². The van der Waals surface area contributed by atoms with Crippen LogP contribution in [0.1, 0.15) is 16.8 Å². The Kier molecular flexibility index (Phi) is 6.19. The number of amides is 1. The number of halogens is 1. The van der Waals surface area contributed by atoms with Crippen molar-refractivity contribution in [1.82, 2.24) is 19.4 Å². The highest BCUT2D eigenvalue weighted by atomic mass is 35.5. The second-order valence-electron chi connectivity index (χ2n) is 6.13. The molecule has 0 radical (unpaired) electrons. The SMILES string of the molecule is Cc1ccc(C)c(S(=O)(=O)NCCNC(=O)/C=C/c2c(Cl)nc3sccn23)c1. The maximum Gasteiger partial charge on any atom is 0.244 e. The third-order valence-corrected chi connectivity index (χ3v) is 6.63. The van der Waals surface area contributed by atoms with Crippen LogP contribution in [0, 0.1) is 13.8 Å². The van der Waals surface area contributed by atoms with Crippen LogP contribution in [-0.2, 0) is 14.8 Å². The normalized spacial score (nSPS) is 12.1. The number of carbonyl (C=O) groups is 1. The molecule has 2 heterocycles. The Hall–Kier alpha value is -2.20. The van der Waals surface area contributed by atoms with E-state index in [1.165, 1.54) is 17.4 Å². The number of benzene rings is 1. The third kappa shape index (κ3) is 4.61. The van der Waals surface area contributed by atoms with Gasteiger partial charge in [0.15, 0.2) is 10.1 Å². The number of carbonyl (C=O) groups excluding carboxylic acids is 1. The zero-order valence-electron chi connectivity index (χ0n) is 15.3. The number of sulfonamides is 1. The fraction of sp³-hybridized carbons (Fsp3) is 0.222. The highest BCUT2D eigenvalue weighted by molar-refractivity contribution is 7.89. The molecule has 10 heteroatoms. The molecule has 0 saturated heterocycles. The highest BCUT2D eigenvalue weighted by Crippen LogP contribution is 2.22. The van der Waals surface area contributed by atoms with Crippen LogP contribution in [0.5, 0.6) is 0 Å². The number of aromatic nitrogens is 2. The topological polar surface area (TPSA) is 92.6 Å². The van der Waals surface area contributed by atoms with Gasteiger partial charge in [-0.15, -0.1) is 11.3 Å². The number of aryl methyl sites for hydroxylation is 2. The molecular formula is C18H19ClN4O3S2. The largest absolute Gasteiger partial charge is 0.351 e. The lowest BCUT2D eigenvalue weighted by molar-refractivity contribution is -0.116. The van der Waals surface area contributed by atoms with Gasteiger partial charge in [0.2, 0.25) is 15.9 Å². The van der Waals surface area contributed by atoms with Crippen molar-refractivity contribution in [1.29, 1.82) is 0 Å². The predicted octanol–water partition coefficient (Wildman–Crippen LogP) is 2.77. The summed E-state index contributed by atoms with van der Waals surface area (Å²) in [6, 6.07) is 5.25. The van der Waals surface area contributed by atoms with Gasteiger partial charge in [-0.3, -0.25) is 9.20 Å². The Morgan fingerprint density at radius 2 is 2.11 bits per heavy atom. The van der Waals surface area contributed by atoms with Gasteiger partial charge in [0.05, 0.1) is 10.6 Å². The molecule has 0 fully saturated rings. The molecule has 0 bridgehead atoms. The van der Waals surface area contributed by atoms with Gasteiger partial charge >= 0.3 is 0 Å². The molecule has 0 saturated carbocycles. The first-order valence-electron chi connectivity index (χ1n) is 8.42. The van der Waals surface area contributed by atoms with E-state index in [1.807, 2.05) is 24.6 Å². The van der Waals surface area contributed by atoms with E-state index in [0.717, 1.165) is 10.5 Å². The van der Waals surface area contributed by atoms with Crippen LogP contribution >= 0.6 is 22.9 Å². The Bertz CT molecular complexity index is 1150. The van der Waals surface area contributed by atoms with Crippen molar-refractivity contribution in [3.05, 3.63) is 57.8 Å². The Balaban J connectivity index is 1.53. The van der Waals surface area contributed by atoms with Crippen LogP contribution in [0.3, 0.4) is 0 Å². The van der Waals surface area contributed by atoms with Gasteiger partial charge in [-0.2, -0.15) is 0 Å². The molecule has 1 amide bonds. The monoisotopic (exact) mass is 438 g/mol. The summed E-state index contributed by atoms with van der Waals surface area (Å²) in [7, 11) is -3.63. The summed E-state index contributed by atoms with van der Waals surface area (Å²) >= 11 is 7.51. The Labute approximate surface area is 172 Å². The van der Waals surface area contributed by atoms with Gasteiger partial charge in [0, 0.05) is 30.7 Å². The Morgan fingerprint density at radius 3 is 2.89 bits per heavy atom. The second kappa shape index (κ2) is 8.44. The summed E-state index contributed by atoms with van der Waals surface area (Å²) in [5.41, 5.74) is 2.15. The summed E-state index contributed by atoms with van der Waals surface area (Å²) in [6.07, 6.45) is 4.73. The van der Waals surface area contributed by atoms with Crippen molar-refractivity contribution in [2.75, 3.05) is 13.1 Å². The number of imidazole rings is 1. The van der Waals surface area contributed by atoms with Gasteiger partial charge in [0.25, 0.3) is 0 Å². The third-order valence-electron chi connectivity index (χ3n) is 4.00. The van der Waals surface area contributed by atoms with Crippen LogP contribution < -0.4 is 10.0 Å². The summed E-state index contributed by atoms with van der Waals surface area (Å²) < 4.78 is 29.1. The zero-order chi connectivity index (χ0) is 20.3. The maximum absolute atomic E-state index is 12.4. The van der Waals surface area contributed by atoms with Crippen molar-refractivity contribution in [3.8, 4) is 0 Å². The van der Waals surface area contributed by atoms with Gasteiger partial charge < -0.3 is 5.32 Å². The molecule has 28 heavy (non-hydrogen) atoms. The number of thiazole rings is 1. The quantitative estimate of drug-likeness (QED) is 0.438. The standard InChI is InChI=1S/C18H19ClN4O3S2/c1-12-3-4-13(2)15(11-12)28(25,26)21-8-7-20-16(24)6-5-14-17(19)22-18-23(14)9-10-27-18/h3-6,9-11,21H,7-8H2,1-2H3,(H,20,24)/b6-5+. The van der Waals surface area contributed by atoms with E-state index in [1.54, 1.807) is 29.5 Å². The lowest BCUT2D eigenvalue weighted by Gasteiger charge is -2.10. The van der Waals surface area contributed by atoms with Crippen LogP contribution in [0.2, 0.25) is 5.15 Å². The summed E-state index contributed by atoms with van der Waals surface area (Å²) in [6.45, 7) is 3.81. The minimum atomic E-state index is -3.63. The number of hydrogen-bond donors (Lipinski definition) is 2. The summed E-state index contributed by atoms with van der Waals surface area (Å²) in [5, 5.41) is 4.82. The minimum Gasteiger partial charge on any atom is -0.351 e. The molecule has 0 aliphatic rings. The van der Waals surface area contributed by atoms with E-state index >= 15 is 0 Å². The van der Waals surface area contributed by atoms with E-state index in [9.17, 15) is 13.2 Å². The molecule has 0 aliphatic carbocycles. The second-order valence-corrected chi connectivity index (χ2v) is 9.10. The first-order valence-corrected chi connectivity index (χ1v) is 11.2. The van der Waals surface area contributed by atoms with Crippen LogP contribution in [0.4, 0.5) is 0 Å². The van der Waals surface area contributed by atoms with Crippen molar-refractivity contribution in [3.63, 3.8) is 0 Å². The highest BCUT2D eigenvalue weighted by Gasteiger charge is 2.16. The van der Waals surface area contributed by atoms with Crippen molar-refractivity contribution in [2.24, 2.45) is 0 Å². The van der Waals surface area contributed by atoms with E-state index in [2.05, 4.69) is 15.0 Å². The number of rotatable bonds is 7. The van der Waals surface area contributed by atoms with Gasteiger partial charge in [-0.25, -0.2) is 18.1 Å². The van der Waals surface area contributed by atoms with E-state index in [4.69, 9.17) is 11.6 Å². The first kappa shape index (κ1) is 20.5. The molecule has 7 nitrogen and oxygen atoms in total. The van der Waals surface area contributed by atoms with E-state index in [0.29, 0.717) is 16.4 Å². The smallest absolute Gasteiger partial charge is 0.244 e. The van der Waals surface area contributed by atoms with Crippen molar-refractivity contribution < 1.29 is 13.2 Å². The number of nitrogens with one attached hydrogen (secondary N) is 2. The van der Waals surface area contributed by atoms with Crippen LogP contribution in [-0.4, -0.2) is 36.8 Å². The van der Waals surface area contributed by atoms with Gasteiger partial charge in [0.1, 0.15) is 0 Å². The number of fused-ring (bicyclic) bond motifs is 1. The minimum absolute atomic E-state index is 0.0809. The molecule has 0 spiro atoms. The Morgan fingerprint density at radius 1 is 1.32 bits per heavy atom.